The molecule has 2 aliphatic heterocycles. The average molecular weight is 362 g/mol. The van der Waals surface area contributed by atoms with Crippen molar-refractivity contribution in [2.75, 3.05) is 0 Å². The first-order valence-electron chi connectivity index (χ1n) is 7.43. The molecule has 1 fully saturated rings. The molecule has 1 aromatic carbocycles. The van der Waals surface area contributed by atoms with E-state index < -0.39 is 35.6 Å². The van der Waals surface area contributed by atoms with E-state index in [1.165, 1.54) is 12.1 Å². The van der Waals surface area contributed by atoms with Gasteiger partial charge in [0.25, 0.3) is 23.6 Å². The largest absolute Gasteiger partial charge is 0.331 e. The molecule has 0 aliphatic carbocycles. The fourth-order valence-corrected chi connectivity index (χ4v) is 2.17. The molecule has 0 radical (unpaired) electrons. The van der Waals surface area contributed by atoms with Crippen molar-refractivity contribution in [3.63, 3.8) is 0 Å². The Bertz CT molecular complexity index is 765. The van der Waals surface area contributed by atoms with Gasteiger partial charge in [0.2, 0.25) is 0 Å². The lowest BCUT2D eigenvalue weighted by Gasteiger charge is -2.10. The molecule has 2 heterocycles. The Balaban J connectivity index is 0.000000197. The zero-order chi connectivity index (χ0) is 19.4. The van der Waals surface area contributed by atoms with Gasteiger partial charge >= 0.3 is 11.9 Å². The van der Waals surface area contributed by atoms with Gasteiger partial charge in [-0.05, 0) is 12.1 Å². The number of hydroxylamine groups is 4. The van der Waals surface area contributed by atoms with Crippen LogP contribution in [0.15, 0.2) is 24.3 Å². The predicted octanol–water partition coefficient (Wildman–Crippen LogP) is 0.374. The Kier molecular flexibility index (Phi) is 5.45. The molecule has 10 nitrogen and oxygen atoms in total. The average Bonchev–Trinajstić information content (AvgIpc) is 3.01. The van der Waals surface area contributed by atoms with E-state index >= 15 is 0 Å². The van der Waals surface area contributed by atoms with Gasteiger partial charge in [0.15, 0.2) is 0 Å². The number of amides is 4. The minimum Gasteiger partial charge on any atom is -0.331 e. The number of fused-ring (bicyclic) bond motifs is 1. The molecule has 0 aromatic heterocycles. The van der Waals surface area contributed by atoms with Crippen LogP contribution in [-0.4, -0.2) is 45.7 Å². The lowest BCUT2D eigenvalue weighted by Crippen LogP contribution is -2.31. The molecule has 3 rings (SSSR count). The van der Waals surface area contributed by atoms with Gasteiger partial charge in [-0.2, -0.15) is 0 Å². The molecule has 0 saturated carbocycles. The van der Waals surface area contributed by atoms with Gasteiger partial charge in [0.1, 0.15) is 0 Å². The summed E-state index contributed by atoms with van der Waals surface area (Å²) in [6.45, 7) is 2.27. The highest BCUT2D eigenvalue weighted by atomic mass is 16.7. The third-order valence-electron chi connectivity index (χ3n) is 3.20. The van der Waals surface area contributed by atoms with E-state index in [1.54, 1.807) is 12.1 Å². The quantitative estimate of drug-likeness (QED) is 0.691. The van der Waals surface area contributed by atoms with E-state index in [0.717, 1.165) is 13.8 Å². The predicted molar refractivity (Wildman–Crippen MR) is 81.6 cm³/mol. The van der Waals surface area contributed by atoms with Crippen LogP contribution in [0.3, 0.4) is 0 Å². The van der Waals surface area contributed by atoms with Crippen LogP contribution in [0.25, 0.3) is 0 Å². The summed E-state index contributed by atoms with van der Waals surface area (Å²) in [7, 11) is 0. The van der Waals surface area contributed by atoms with Crippen LogP contribution in [0.2, 0.25) is 0 Å². The first kappa shape index (κ1) is 18.8. The first-order valence-corrected chi connectivity index (χ1v) is 7.43. The second-order valence-electron chi connectivity index (χ2n) is 5.20. The van der Waals surface area contributed by atoms with Gasteiger partial charge in [-0.25, -0.2) is 9.59 Å². The number of hydrogen-bond donors (Lipinski definition) is 0. The third kappa shape index (κ3) is 3.91. The van der Waals surface area contributed by atoms with Crippen LogP contribution in [0.1, 0.15) is 47.4 Å². The molecule has 0 spiro atoms. The Morgan fingerprint density at radius 2 is 1.15 bits per heavy atom. The van der Waals surface area contributed by atoms with E-state index in [9.17, 15) is 28.8 Å². The number of imide groups is 2. The molecule has 2 aliphatic rings. The fourth-order valence-electron chi connectivity index (χ4n) is 2.17. The van der Waals surface area contributed by atoms with Crippen LogP contribution in [0.4, 0.5) is 0 Å². The topological polar surface area (TPSA) is 127 Å². The number of carbonyl (C=O) groups excluding carboxylic acids is 6. The number of carbonyl (C=O) groups is 6. The van der Waals surface area contributed by atoms with Crippen LogP contribution in [0, 0.1) is 0 Å². The molecule has 4 amide bonds. The monoisotopic (exact) mass is 362 g/mol. The lowest BCUT2D eigenvalue weighted by atomic mass is 10.1. The number of rotatable bonds is 2. The van der Waals surface area contributed by atoms with E-state index in [2.05, 4.69) is 9.68 Å². The van der Waals surface area contributed by atoms with E-state index in [1.807, 2.05) is 0 Å². The van der Waals surface area contributed by atoms with Gasteiger partial charge in [-0.1, -0.05) is 17.2 Å². The van der Waals surface area contributed by atoms with Crippen molar-refractivity contribution in [2.45, 2.75) is 26.7 Å². The smallest absolute Gasteiger partial charge is 0.330 e. The second-order valence-corrected chi connectivity index (χ2v) is 5.20. The summed E-state index contributed by atoms with van der Waals surface area (Å²) >= 11 is 0. The number of benzene rings is 1. The van der Waals surface area contributed by atoms with Gasteiger partial charge in [0, 0.05) is 26.7 Å². The van der Waals surface area contributed by atoms with Crippen molar-refractivity contribution >= 4 is 35.6 Å². The van der Waals surface area contributed by atoms with Gasteiger partial charge in [-0.15, -0.1) is 5.06 Å². The maximum absolute atomic E-state index is 11.6. The van der Waals surface area contributed by atoms with Gasteiger partial charge in [-0.3, -0.25) is 19.2 Å². The number of hydrogen-bond acceptors (Lipinski definition) is 8. The highest BCUT2D eigenvalue weighted by molar-refractivity contribution is 6.20. The second kappa shape index (κ2) is 7.55. The van der Waals surface area contributed by atoms with E-state index in [4.69, 9.17) is 0 Å². The molecule has 0 atom stereocenters. The van der Waals surface area contributed by atoms with Crippen molar-refractivity contribution in [3.8, 4) is 0 Å². The Morgan fingerprint density at radius 1 is 0.769 bits per heavy atom. The van der Waals surface area contributed by atoms with Crippen molar-refractivity contribution in [2.24, 2.45) is 0 Å². The molecule has 1 aromatic rings. The zero-order valence-electron chi connectivity index (χ0n) is 13.9. The third-order valence-corrected chi connectivity index (χ3v) is 3.20. The van der Waals surface area contributed by atoms with Crippen LogP contribution < -0.4 is 0 Å². The van der Waals surface area contributed by atoms with Gasteiger partial charge < -0.3 is 9.68 Å². The molecule has 0 unspecified atom stereocenters. The highest BCUT2D eigenvalue weighted by Gasteiger charge is 2.38. The summed E-state index contributed by atoms with van der Waals surface area (Å²) in [5.74, 6) is -3.48. The summed E-state index contributed by atoms with van der Waals surface area (Å²) < 4.78 is 0. The van der Waals surface area contributed by atoms with Crippen LogP contribution in [-0.2, 0) is 28.9 Å². The molecule has 136 valence electrons. The van der Waals surface area contributed by atoms with Crippen LogP contribution >= 0.6 is 0 Å². The van der Waals surface area contributed by atoms with E-state index in [0.29, 0.717) is 10.1 Å². The molecule has 10 heteroatoms. The van der Waals surface area contributed by atoms with Crippen LogP contribution in [0.5, 0.6) is 0 Å². The maximum Gasteiger partial charge on any atom is 0.330 e. The summed E-state index contributed by atoms with van der Waals surface area (Å²) in [4.78, 5) is 74.5. The minimum absolute atomic E-state index is 0.131. The summed E-state index contributed by atoms with van der Waals surface area (Å²) in [5, 5.41) is 0.995. The molecule has 1 saturated heterocycles. The van der Waals surface area contributed by atoms with Crippen molar-refractivity contribution < 1.29 is 38.4 Å². The summed E-state index contributed by atoms with van der Waals surface area (Å²) in [6, 6.07) is 6.31. The summed E-state index contributed by atoms with van der Waals surface area (Å²) in [6.07, 6.45) is 0.262. The molecular weight excluding hydrogens is 348 g/mol. The molecular formula is C16H14N2O8. The Hall–Kier alpha value is -3.56. The van der Waals surface area contributed by atoms with Gasteiger partial charge in [0.05, 0.1) is 11.1 Å². The first-order chi connectivity index (χ1) is 12.2. The standard InChI is InChI=1S/C10H7NO4.C6H7NO4/c1-6(12)15-11-9(13)7-4-2-3-5-8(7)10(11)14;1-4(8)11-7-5(9)2-3-6(7)10/h2-5H,1H3;2-3H2,1H3. The van der Waals surface area contributed by atoms with Crippen molar-refractivity contribution in [3.05, 3.63) is 35.4 Å². The molecule has 0 bridgehead atoms. The molecule has 0 N–H and O–H groups in total. The SMILES string of the molecule is CC(=O)ON1C(=O)CCC1=O.CC(=O)ON1C(=O)c2ccccc2C1=O. The number of nitrogens with zero attached hydrogens (tertiary/aromatic N) is 2. The highest BCUT2D eigenvalue weighted by Crippen LogP contribution is 2.22. The summed E-state index contributed by atoms with van der Waals surface area (Å²) in [5.41, 5.74) is 0.507. The zero-order valence-corrected chi connectivity index (χ0v) is 13.9. The van der Waals surface area contributed by atoms with Crippen molar-refractivity contribution in [1.29, 1.82) is 0 Å². The maximum atomic E-state index is 11.6. The minimum atomic E-state index is -0.704. The Morgan fingerprint density at radius 3 is 1.54 bits per heavy atom. The normalized spacial score (nSPS) is 15.5. The fraction of sp³-hybridized carbons (Fsp3) is 0.250. The van der Waals surface area contributed by atoms with Crippen molar-refractivity contribution in [1.82, 2.24) is 10.1 Å². The van der Waals surface area contributed by atoms with E-state index in [-0.39, 0.29) is 24.0 Å². The Labute approximate surface area is 147 Å². The lowest BCUT2D eigenvalue weighted by molar-refractivity contribution is -0.195. The molecule has 26 heavy (non-hydrogen) atoms.